The summed E-state index contributed by atoms with van der Waals surface area (Å²) in [5.41, 5.74) is 5.31. The standard InChI is InChI=1S/C15H17N5O2/c1-9-7-14(22)18-15(16-9)20-19-10(2)12-5-4-6-13(8-12)17-11(3)21/h4-8H,1-3H3,(H,17,21)(H2,16,18,20,22)/b19-10+. The maximum Gasteiger partial charge on any atom is 0.252 e. The Morgan fingerprint density at radius 2 is 2.05 bits per heavy atom. The van der Waals surface area contributed by atoms with Crippen LogP contribution in [-0.2, 0) is 4.79 Å². The molecule has 7 heteroatoms. The van der Waals surface area contributed by atoms with Crippen LogP contribution in [0.5, 0.6) is 0 Å². The highest BCUT2D eigenvalue weighted by Crippen LogP contribution is 2.11. The van der Waals surface area contributed by atoms with Crippen molar-refractivity contribution in [1.29, 1.82) is 0 Å². The maximum atomic E-state index is 11.3. The van der Waals surface area contributed by atoms with Crippen molar-refractivity contribution in [3.63, 3.8) is 0 Å². The molecule has 0 radical (unpaired) electrons. The van der Waals surface area contributed by atoms with Gasteiger partial charge in [-0.05, 0) is 31.5 Å². The zero-order valence-corrected chi connectivity index (χ0v) is 12.6. The van der Waals surface area contributed by atoms with Crippen molar-refractivity contribution in [1.82, 2.24) is 9.97 Å². The van der Waals surface area contributed by atoms with Gasteiger partial charge in [0.15, 0.2) is 0 Å². The summed E-state index contributed by atoms with van der Waals surface area (Å²) < 4.78 is 0. The number of aromatic nitrogens is 2. The summed E-state index contributed by atoms with van der Waals surface area (Å²) in [5, 5.41) is 6.90. The van der Waals surface area contributed by atoms with E-state index in [1.807, 2.05) is 25.1 Å². The molecule has 0 unspecified atom stereocenters. The number of H-pyrrole nitrogens is 1. The van der Waals surface area contributed by atoms with E-state index in [-0.39, 0.29) is 17.4 Å². The van der Waals surface area contributed by atoms with E-state index in [2.05, 4.69) is 25.8 Å². The van der Waals surface area contributed by atoms with E-state index in [1.54, 1.807) is 13.0 Å². The number of rotatable bonds is 4. The number of nitrogens with one attached hydrogen (secondary N) is 3. The molecular formula is C15H17N5O2. The Hall–Kier alpha value is -2.96. The molecule has 22 heavy (non-hydrogen) atoms. The van der Waals surface area contributed by atoms with E-state index in [1.165, 1.54) is 13.0 Å². The fourth-order valence-corrected chi connectivity index (χ4v) is 1.86. The average molecular weight is 299 g/mol. The molecule has 0 saturated heterocycles. The van der Waals surface area contributed by atoms with Gasteiger partial charge in [0, 0.05) is 24.4 Å². The first kappa shape index (κ1) is 15.4. The Morgan fingerprint density at radius 3 is 2.73 bits per heavy atom. The van der Waals surface area contributed by atoms with Gasteiger partial charge in [-0.15, -0.1) is 0 Å². The summed E-state index contributed by atoms with van der Waals surface area (Å²) in [5.74, 6) is 0.147. The highest BCUT2D eigenvalue weighted by atomic mass is 16.1. The van der Waals surface area contributed by atoms with Crippen LogP contribution in [0, 0.1) is 6.92 Å². The predicted octanol–water partition coefficient (Wildman–Crippen LogP) is 1.87. The third-order valence-electron chi connectivity index (χ3n) is 2.80. The summed E-state index contributed by atoms with van der Waals surface area (Å²) in [6.07, 6.45) is 0. The number of nitrogens with zero attached hydrogens (tertiary/aromatic N) is 2. The average Bonchev–Trinajstić information content (AvgIpc) is 2.43. The van der Waals surface area contributed by atoms with Crippen molar-refractivity contribution in [2.24, 2.45) is 5.10 Å². The van der Waals surface area contributed by atoms with Crippen LogP contribution in [0.1, 0.15) is 25.1 Å². The van der Waals surface area contributed by atoms with Crippen molar-refractivity contribution in [2.75, 3.05) is 10.7 Å². The zero-order chi connectivity index (χ0) is 16.1. The molecule has 1 heterocycles. The van der Waals surface area contributed by atoms with E-state index in [9.17, 15) is 9.59 Å². The normalized spacial score (nSPS) is 11.1. The number of benzene rings is 1. The van der Waals surface area contributed by atoms with Gasteiger partial charge in [-0.1, -0.05) is 12.1 Å². The first-order valence-electron chi connectivity index (χ1n) is 6.70. The van der Waals surface area contributed by atoms with Gasteiger partial charge in [-0.2, -0.15) is 5.10 Å². The smallest absolute Gasteiger partial charge is 0.252 e. The fraction of sp³-hybridized carbons (Fsp3) is 0.200. The summed E-state index contributed by atoms with van der Waals surface area (Å²) in [6.45, 7) is 5.00. The first-order chi connectivity index (χ1) is 10.4. The van der Waals surface area contributed by atoms with Crippen LogP contribution in [0.15, 0.2) is 40.2 Å². The number of carbonyl (C=O) groups is 1. The Balaban J connectivity index is 2.18. The molecule has 0 spiro atoms. The van der Waals surface area contributed by atoms with Gasteiger partial charge in [-0.3, -0.25) is 14.6 Å². The van der Waals surface area contributed by atoms with Gasteiger partial charge < -0.3 is 5.32 Å². The predicted molar refractivity (Wildman–Crippen MR) is 86.2 cm³/mol. The molecule has 1 aromatic carbocycles. The van der Waals surface area contributed by atoms with Crippen molar-refractivity contribution in [3.05, 3.63) is 51.9 Å². The summed E-state index contributed by atoms with van der Waals surface area (Å²) in [4.78, 5) is 29.1. The van der Waals surface area contributed by atoms with Crippen molar-refractivity contribution in [3.8, 4) is 0 Å². The Morgan fingerprint density at radius 1 is 1.27 bits per heavy atom. The lowest BCUT2D eigenvalue weighted by atomic mass is 10.1. The molecule has 0 aliphatic carbocycles. The minimum Gasteiger partial charge on any atom is -0.326 e. The molecule has 0 aliphatic rings. The van der Waals surface area contributed by atoms with Gasteiger partial charge in [0.25, 0.3) is 5.56 Å². The summed E-state index contributed by atoms with van der Waals surface area (Å²) >= 11 is 0. The molecule has 2 aromatic rings. The van der Waals surface area contributed by atoms with Crippen molar-refractivity contribution >= 4 is 23.3 Å². The highest BCUT2D eigenvalue weighted by molar-refractivity contribution is 6.00. The lowest BCUT2D eigenvalue weighted by molar-refractivity contribution is -0.114. The molecule has 0 fully saturated rings. The van der Waals surface area contributed by atoms with E-state index < -0.39 is 0 Å². The summed E-state index contributed by atoms with van der Waals surface area (Å²) in [6, 6.07) is 8.71. The Kier molecular flexibility index (Phi) is 4.67. The highest BCUT2D eigenvalue weighted by Gasteiger charge is 2.02. The Labute approximate surface area is 127 Å². The molecule has 2 rings (SSSR count). The number of anilines is 2. The number of aryl methyl sites for hydroxylation is 1. The van der Waals surface area contributed by atoms with Crippen molar-refractivity contribution in [2.45, 2.75) is 20.8 Å². The fourth-order valence-electron chi connectivity index (χ4n) is 1.86. The van der Waals surface area contributed by atoms with E-state index in [0.29, 0.717) is 17.1 Å². The monoisotopic (exact) mass is 299 g/mol. The van der Waals surface area contributed by atoms with Crippen LogP contribution in [0.3, 0.4) is 0 Å². The van der Waals surface area contributed by atoms with Gasteiger partial charge in [-0.25, -0.2) is 10.4 Å². The summed E-state index contributed by atoms with van der Waals surface area (Å²) in [7, 11) is 0. The van der Waals surface area contributed by atoms with Crippen LogP contribution in [0.25, 0.3) is 0 Å². The lowest BCUT2D eigenvalue weighted by Crippen LogP contribution is -2.11. The minimum atomic E-state index is -0.240. The second-order valence-corrected chi connectivity index (χ2v) is 4.81. The molecule has 3 N–H and O–H groups in total. The van der Waals surface area contributed by atoms with Gasteiger partial charge >= 0.3 is 0 Å². The molecule has 0 bridgehead atoms. The van der Waals surface area contributed by atoms with E-state index in [0.717, 1.165) is 5.56 Å². The molecular weight excluding hydrogens is 282 g/mol. The molecule has 1 aromatic heterocycles. The SMILES string of the molecule is CC(=O)Nc1cccc(/C(C)=N/Nc2nc(C)cc(=O)[nH]2)c1. The minimum absolute atomic E-state index is 0.133. The second kappa shape index (κ2) is 6.66. The number of amides is 1. The number of carbonyl (C=O) groups excluding carboxylic acids is 1. The molecule has 0 aliphatic heterocycles. The second-order valence-electron chi connectivity index (χ2n) is 4.81. The number of hydrazone groups is 1. The van der Waals surface area contributed by atoms with Crippen LogP contribution < -0.4 is 16.3 Å². The van der Waals surface area contributed by atoms with Gasteiger partial charge in [0.2, 0.25) is 11.9 Å². The quantitative estimate of drug-likeness (QED) is 0.593. The molecule has 1 amide bonds. The van der Waals surface area contributed by atoms with Crippen molar-refractivity contribution < 1.29 is 4.79 Å². The molecule has 114 valence electrons. The Bertz CT molecular complexity index is 779. The first-order valence-corrected chi connectivity index (χ1v) is 6.70. The van der Waals surface area contributed by atoms with Crippen LogP contribution in [-0.4, -0.2) is 21.6 Å². The maximum absolute atomic E-state index is 11.3. The molecule has 7 nitrogen and oxygen atoms in total. The molecule has 0 atom stereocenters. The number of hydrogen-bond donors (Lipinski definition) is 3. The van der Waals surface area contributed by atoms with Crippen LogP contribution in [0.4, 0.5) is 11.6 Å². The third-order valence-corrected chi connectivity index (χ3v) is 2.80. The lowest BCUT2D eigenvalue weighted by Gasteiger charge is -2.06. The number of hydrogen-bond acceptors (Lipinski definition) is 5. The molecule has 0 saturated carbocycles. The largest absolute Gasteiger partial charge is 0.326 e. The topological polar surface area (TPSA) is 99.2 Å². The van der Waals surface area contributed by atoms with E-state index >= 15 is 0 Å². The zero-order valence-electron chi connectivity index (χ0n) is 12.6. The van der Waals surface area contributed by atoms with Crippen LogP contribution >= 0.6 is 0 Å². The van der Waals surface area contributed by atoms with Crippen LogP contribution in [0.2, 0.25) is 0 Å². The van der Waals surface area contributed by atoms with E-state index in [4.69, 9.17) is 0 Å². The third kappa shape index (κ3) is 4.27. The van der Waals surface area contributed by atoms with Gasteiger partial charge in [0.05, 0.1) is 5.71 Å². The van der Waals surface area contributed by atoms with Gasteiger partial charge in [0.1, 0.15) is 0 Å². The number of aromatic amines is 1.